The van der Waals surface area contributed by atoms with Gasteiger partial charge in [0.1, 0.15) is 5.92 Å². The van der Waals surface area contributed by atoms with E-state index in [1.165, 1.54) is 0 Å². The number of hydrogen-bond acceptors (Lipinski definition) is 8. The Bertz CT molecular complexity index is 1460. The number of nitrogens with zero attached hydrogens (tertiary/aromatic N) is 2. The lowest BCUT2D eigenvalue weighted by molar-refractivity contribution is -0.154. The molecule has 5 rings (SSSR count). The molecule has 2 aliphatic rings. The largest absolute Gasteiger partial charge is 0.466 e. The molecule has 9 nitrogen and oxygen atoms in total. The number of Topliss-reactive ketones (excluding diaryl/α,β-unsaturated/α-hetero) is 1. The van der Waals surface area contributed by atoms with Crippen LogP contribution in [0.15, 0.2) is 60.2 Å². The Morgan fingerprint density at radius 1 is 0.875 bits per heavy atom. The van der Waals surface area contributed by atoms with Crippen molar-refractivity contribution in [3.8, 4) is 0 Å². The summed E-state index contributed by atoms with van der Waals surface area (Å²) in [5.41, 5.74) is 4.76. The van der Waals surface area contributed by atoms with Crippen molar-refractivity contribution in [3.05, 3.63) is 82.6 Å². The molecule has 0 fully saturated rings. The maximum absolute atomic E-state index is 14.6. The number of aromatic nitrogens is 2. The van der Waals surface area contributed by atoms with Crippen molar-refractivity contribution in [2.24, 2.45) is 11.8 Å². The number of aryl methyl sites for hydroxylation is 1. The molecule has 0 amide bonds. The van der Waals surface area contributed by atoms with Gasteiger partial charge in [0.2, 0.25) is 0 Å². The molecule has 0 spiro atoms. The average molecular weight is 543 g/mol. The smallest absolute Gasteiger partial charge is 0.317 e. The second kappa shape index (κ2) is 11.0. The van der Waals surface area contributed by atoms with Crippen LogP contribution in [0.5, 0.6) is 0 Å². The Kier molecular flexibility index (Phi) is 7.47. The summed E-state index contributed by atoms with van der Waals surface area (Å²) in [6.45, 7) is 5.56. The monoisotopic (exact) mass is 542 g/mol. The van der Waals surface area contributed by atoms with Crippen molar-refractivity contribution in [1.29, 1.82) is 0 Å². The summed E-state index contributed by atoms with van der Waals surface area (Å²) >= 11 is 0. The lowest BCUT2D eigenvalue weighted by atomic mass is 9.61. The van der Waals surface area contributed by atoms with Gasteiger partial charge in [-0.3, -0.25) is 19.5 Å². The van der Waals surface area contributed by atoms with E-state index in [0.717, 1.165) is 11.3 Å². The van der Waals surface area contributed by atoms with E-state index in [1.807, 2.05) is 80.5 Å². The highest BCUT2D eigenvalue weighted by Gasteiger charge is 2.55. The third-order valence-electron chi connectivity index (χ3n) is 7.66. The number of benzene rings is 2. The molecule has 0 saturated carbocycles. The van der Waals surface area contributed by atoms with Crippen LogP contribution in [0.25, 0.3) is 5.57 Å². The molecule has 0 unspecified atom stereocenters. The molecule has 40 heavy (non-hydrogen) atoms. The maximum atomic E-state index is 14.6. The van der Waals surface area contributed by atoms with Crippen LogP contribution in [0, 0.1) is 18.8 Å². The van der Waals surface area contributed by atoms with Crippen LogP contribution in [0.2, 0.25) is 0 Å². The molecule has 1 aliphatic heterocycles. The van der Waals surface area contributed by atoms with Gasteiger partial charge in [-0.1, -0.05) is 42.5 Å². The standard InChI is InChI=1S/C31H34N4O5/c1-6-39-30(37)24-22(18-11-9-8-10-12-18)26(31(38)40-7-2)28(36)25-23(24)21-17(3)33-34-29(21)32-27(25)19-13-15-20(16-14-19)35(4)5/h8-16,22,24,26-27H,6-7H2,1-5H3,(H2,32,33,34)/t22-,24-,26+,27-/m1/s1. The molecular weight excluding hydrogens is 508 g/mol. The number of hydrogen-bond donors (Lipinski definition) is 2. The fourth-order valence-electron chi connectivity index (χ4n) is 5.92. The predicted octanol–water partition coefficient (Wildman–Crippen LogP) is 4.43. The van der Waals surface area contributed by atoms with Crippen molar-refractivity contribution < 1.29 is 23.9 Å². The van der Waals surface area contributed by atoms with Gasteiger partial charge in [-0.15, -0.1) is 0 Å². The predicted molar refractivity (Wildman–Crippen MR) is 152 cm³/mol. The molecule has 1 aliphatic carbocycles. The molecule has 2 N–H and O–H groups in total. The quantitative estimate of drug-likeness (QED) is 0.333. The number of fused-ring (bicyclic) bond motifs is 2. The van der Waals surface area contributed by atoms with E-state index in [0.29, 0.717) is 33.8 Å². The van der Waals surface area contributed by atoms with Gasteiger partial charge >= 0.3 is 11.9 Å². The summed E-state index contributed by atoms with van der Waals surface area (Å²) in [4.78, 5) is 44.0. The Balaban J connectivity index is 1.81. The zero-order chi connectivity index (χ0) is 28.6. The van der Waals surface area contributed by atoms with E-state index in [1.54, 1.807) is 13.8 Å². The van der Waals surface area contributed by atoms with E-state index in [-0.39, 0.29) is 19.0 Å². The Morgan fingerprint density at radius 2 is 1.50 bits per heavy atom. The van der Waals surface area contributed by atoms with Gasteiger partial charge in [0.05, 0.1) is 25.2 Å². The average Bonchev–Trinajstić information content (AvgIpc) is 3.33. The van der Waals surface area contributed by atoms with Crippen LogP contribution in [-0.4, -0.2) is 55.2 Å². The van der Waals surface area contributed by atoms with Gasteiger partial charge in [0, 0.05) is 42.5 Å². The topological polar surface area (TPSA) is 114 Å². The van der Waals surface area contributed by atoms with E-state index < -0.39 is 35.7 Å². The molecule has 208 valence electrons. The number of esters is 2. The zero-order valence-electron chi connectivity index (χ0n) is 23.4. The first-order valence-electron chi connectivity index (χ1n) is 13.5. The lowest BCUT2D eigenvalue weighted by Gasteiger charge is -2.42. The highest BCUT2D eigenvalue weighted by molar-refractivity contribution is 6.19. The van der Waals surface area contributed by atoms with Crippen LogP contribution in [-0.2, 0) is 23.9 Å². The summed E-state index contributed by atoms with van der Waals surface area (Å²) in [5.74, 6) is -3.97. The highest BCUT2D eigenvalue weighted by atomic mass is 16.5. The number of carbonyl (C=O) groups excluding carboxylic acids is 3. The highest BCUT2D eigenvalue weighted by Crippen LogP contribution is 2.55. The van der Waals surface area contributed by atoms with E-state index >= 15 is 0 Å². The number of anilines is 2. The van der Waals surface area contributed by atoms with Gasteiger partial charge in [0.15, 0.2) is 11.6 Å². The molecule has 1 aromatic heterocycles. The van der Waals surface area contributed by atoms with Crippen LogP contribution in [0.1, 0.15) is 48.2 Å². The summed E-state index contributed by atoms with van der Waals surface area (Å²) in [7, 11) is 3.91. The van der Waals surface area contributed by atoms with Gasteiger partial charge in [-0.2, -0.15) is 5.10 Å². The minimum Gasteiger partial charge on any atom is -0.466 e. The number of carbonyl (C=O) groups is 3. The van der Waals surface area contributed by atoms with Gasteiger partial charge in [-0.05, 0) is 49.6 Å². The Hall–Kier alpha value is -4.40. The molecule has 0 bridgehead atoms. The molecule has 2 aromatic carbocycles. The molecule has 4 atom stereocenters. The van der Waals surface area contributed by atoms with Crippen LogP contribution < -0.4 is 10.2 Å². The van der Waals surface area contributed by atoms with Crippen molar-refractivity contribution >= 4 is 34.8 Å². The lowest BCUT2D eigenvalue weighted by Crippen LogP contribution is -2.46. The first-order chi connectivity index (χ1) is 19.3. The SMILES string of the molecule is CCOC(=O)[C@@H]1C(=O)C2=C(c3c(n[nH]c3C)N[C@@H]2c2ccc(N(C)C)cc2)[C@H](C(=O)OCC)[C@H]1c1ccccc1. The third-order valence-corrected chi connectivity index (χ3v) is 7.66. The normalized spacial score (nSPS) is 21.7. The van der Waals surface area contributed by atoms with Crippen molar-refractivity contribution in [2.45, 2.75) is 32.7 Å². The van der Waals surface area contributed by atoms with Gasteiger partial charge in [0.25, 0.3) is 0 Å². The van der Waals surface area contributed by atoms with Crippen LogP contribution in [0.3, 0.4) is 0 Å². The van der Waals surface area contributed by atoms with Crippen LogP contribution in [0.4, 0.5) is 11.5 Å². The number of nitrogens with one attached hydrogen (secondary N) is 2. The van der Waals surface area contributed by atoms with E-state index in [2.05, 4.69) is 15.5 Å². The maximum Gasteiger partial charge on any atom is 0.317 e. The number of ketones is 1. The molecule has 9 heteroatoms. The Labute approximate surface area is 233 Å². The Morgan fingerprint density at radius 3 is 2.10 bits per heavy atom. The number of aromatic amines is 1. The molecule has 0 saturated heterocycles. The first kappa shape index (κ1) is 27.2. The third kappa shape index (κ3) is 4.55. The summed E-state index contributed by atoms with van der Waals surface area (Å²) in [6, 6.07) is 16.4. The molecular formula is C31H34N4O5. The van der Waals surface area contributed by atoms with E-state index in [9.17, 15) is 14.4 Å². The van der Waals surface area contributed by atoms with E-state index in [4.69, 9.17) is 9.47 Å². The molecule has 0 radical (unpaired) electrons. The summed E-state index contributed by atoms with van der Waals surface area (Å²) in [5, 5.41) is 10.9. The van der Waals surface area contributed by atoms with Crippen molar-refractivity contribution in [2.75, 3.05) is 37.5 Å². The fourth-order valence-corrected chi connectivity index (χ4v) is 5.92. The number of H-pyrrole nitrogens is 1. The minimum atomic E-state index is -1.23. The van der Waals surface area contributed by atoms with Crippen molar-refractivity contribution in [3.63, 3.8) is 0 Å². The molecule has 3 aromatic rings. The summed E-state index contributed by atoms with van der Waals surface area (Å²) < 4.78 is 11.1. The van der Waals surface area contributed by atoms with Crippen LogP contribution >= 0.6 is 0 Å². The second-order valence-electron chi connectivity index (χ2n) is 10.2. The number of rotatable bonds is 7. The zero-order valence-corrected chi connectivity index (χ0v) is 23.4. The summed E-state index contributed by atoms with van der Waals surface area (Å²) in [6.07, 6.45) is 0. The molecule has 2 heterocycles. The minimum absolute atomic E-state index is 0.110. The van der Waals surface area contributed by atoms with Gasteiger partial charge in [-0.25, -0.2) is 0 Å². The number of ether oxygens (including phenoxy) is 2. The van der Waals surface area contributed by atoms with Gasteiger partial charge < -0.3 is 19.7 Å². The second-order valence-corrected chi connectivity index (χ2v) is 10.2. The fraction of sp³-hybridized carbons (Fsp3) is 0.355. The first-order valence-corrected chi connectivity index (χ1v) is 13.5. The van der Waals surface area contributed by atoms with Crippen molar-refractivity contribution in [1.82, 2.24) is 10.2 Å².